The molecule has 3 aromatic rings. The quantitative estimate of drug-likeness (QED) is 0.709. The lowest BCUT2D eigenvalue weighted by atomic mass is 10.1. The van der Waals surface area contributed by atoms with Crippen LogP contribution in [0, 0.1) is 5.82 Å². The minimum absolute atomic E-state index is 0.0407. The molecular formula is C21H19FN2O. The summed E-state index contributed by atoms with van der Waals surface area (Å²) in [7, 11) is 0. The third kappa shape index (κ3) is 3.07. The number of piperazine rings is 1. The number of halogens is 1. The van der Waals surface area contributed by atoms with Crippen LogP contribution in [0.4, 0.5) is 10.1 Å². The second-order valence-electron chi connectivity index (χ2n) is 6.29. The van der Waals surface area contributed by atoms with Gasteiger partial charge in [0.2, 0.25) is 0 Å². The average molecular weight is 334 g/mol. The number of para-hydroxylation sites is 1. The smallest absolute Gasteiger partial charge is 0.253 e. The molecule has 1 heterocycles. The Kier molecular flexibility index (Phi) is 4.10. The Morgan fingerprint density at radius 3 is 2.24 bits per heavy atom. The van der Waals surface area contributed by atoms with Crippen molar-refractivity contribution in [2.75, 3.05) is 31.1 Å². The molecule has 4 heteroatoms. The lowest BCUT2D eigenvalue weighted by molar-refractivity contribution is 0.0747. The van der Waals surface area contributed by atoms with E-state index < -0.39 is 0 Å². The lowest BCUT2D eigenvalue weighted by Crippen LogP contribution is -2.49. The maximum Gasteiger partial charge on any atom is 0.253 e. The Morgan fingerprint density at radius 1 is 0.800 bits per heavy atom. The van der Waals surface area contributed by atoms with Crippen molar-refractivity contribution in [3.8, 4) is 0 Å². The van der Waals surface area contributed by atoms with Crippen LogP contribution in [0.3, 0.4) is 0 Å². The predicted octanol–water partition coefficient (Wildman–Crippen LogP) is 3.94. The van der Waals surface area contributed by atoms with Crippen molar-refractivity contribution in [2.24, 2.45) is 0 Å². The van der Waals surface area contributed by atoms with Gasteiger partial charge >= 0.3 is 0 Å². The fourth-order valence-corrected chi connectivity index (χ4v) is 3.36. The average Bonchev–Trinajstić information content (AvgIpc) is 2.67. The molecule has 0 spiro atoms. The molecular weight excluding hydrogens is 315 g/mol. The highest BCUT2D eigenvalue weighted by Gasteiger charge is 2.23. The van der Waals surface area contributed by atoms with Crippen LogP contribution in [0.5, 0.6) is 0 Å². The minimum Gasteiger partial charge on any atom is -0.366 e. The minimum atomic E-state index is -0.211. The van der Waals surface area contributed by atoms with Gasteiger partial charge in [0.05, 0.1) is 5.69 Å². The fraction of sp³-hybridized carbons (Fsp3) is 0.190. The van der Waals surface area contributed by atoms with E-state index in [2.05, 4.69) is 0 Å². The zero-order valence-electron chi connectivity index (χ0n) is 13.9. The second-order valence-corrected chi connectivity index (χ2v) is 6.29. The number of nitrogens with zero attached hydrogens (tertiary/aromatic N) is 2. The number of amides is 1. The number of carbonyl (C=O) groups excluding carboxylic acids is 1. The molecule has 1 amide bonds. The van der Waals surface area contributed by atoms with Crippen molar-refractivity contribution in [2.45, 2.75) is 0 Å². The molecule has 0 saturated carbocycles. The molecule has 0 atom stereocenters. The third-order valence-electron chi connectivity index (χ3n) is 4.76. The number of rotatable bonds is 2. The van der Waals surface area contributed by atoms with Crippen LogP contribution in [0.25, 0.3) is 10.8 Å². The van der Waals surface area contributed by atoms with Crippen molar-refractivity contribution in [1.29, 1.82) is 0 Å². The first kappa shape index (κ1) is 15.6. The van der Waals surface area contributed by atoms with Gasteiger partial charge in [-0.25, -0.2) is 4.39 Å². The molecule has 1 saturated heterocycles. The van der Waals surface area contributed by atoms with Crippen molar-refractivity contribution >= 4 is 22.4 Å². The zero-order chi connectivity index (χ0) is 17.2. The van der Waals surface area contributed by atoms with Crippen LogP contribution < -0.4 is 4.90 Å². The van der Waals surface area contributed by atoms with Crippen molar-refractivity contribution < 1.29 is 9.18 Å². The summed E-state index contributed by atoms with van der Waals surface area (Å²) >= 11 is 0. The molecule has 0 N–H and O–H groups in total. The Morgan fingerprint density at radius 2 is 1.48 bits per heavy atom. The van der Waals surface area contributed by atoms with E-state index in [-0.39, 0.29) is 11.7 Å². The number of carbonyl (C=O) groups is 1. The molecule has 4 rings (SSSR count). The van der Waals surface area contributed by atoms with Gasteiger partial charge in [-0.2, -0.15) is 0 Å². The van der Waals surface area contributed by atoms with Gasteiger partial charge in [-0.3, -0.25) is 4.79 Å². The predicted molar refractivity (Wildman–Crippen MR) is 98.5 cm³/mol. The molecule has 1 aliphatic heterocycles. The van der Waals surface area contributed by atoms with E-state index in [1.165, 1.54) is 6.07 Å². The van der Waals surface area contributed by atoms with Crippen LogP contribution in [0.15, 0.2) is 66.7 Å². The summed E-state index contributed by atoms with van der Waals surface area (Å²) in [6, 6.07) is 20.6. The summed E-state index contributed by atoms with van der Waals surface area (Å²) in [5.41, 5.74) is 1.32. The molecule has 1 aliphatic rings. The van der Waals surface area contributed by atoms with Gasteiger partial charge in [-0.05, 0) is 35.0 Å². The third-order valence-corrected chi connectivity index (χ3v) is 4.76. The summed E-state index contributed by atoms with van der Waals surface area (Å²) in [6.45, 7) is 2.47. The topological polar surface area (TPSA) is 23.6 Å². The van der Waals surface area contributed by atoms with E-state index in [0.29, 0.717) is 37.4 Å². The van der Waals surface area contributed by atoms with Gasteiger partial charge in [-0.1, -0.05) is 42.5 Å². The van der Waals surface area contributed by atoms with Crippen LogP contribution in [0.1, 0.15) is 10.4 Å². The number of hydrogen-bond acceptors (Lipinski definition) is 2. The molecule has 3 nitrogen and oxygen atoms in total. The highest BCUT2D eigenvalue weighted by atomic mass is 19.1. The van der Waals surface area contributed by atoms with Crippen LogP contribution >= 0.6 is 0 Å². The van der Waals surface area contributed by atoms with E-state index in [9.17, 15) is 9.18 Å². The Bertz CT molecular complexity index is 916. The SMILES string of the molecule is O=C(c1ccc2ccccc2c1)N1CCN(c2ccccc2F)CC1. The van der Waals surface area contributed by atoms with Crippen LogP contribution in [-0.4, -0.2) is 37.0 Å². The monoisotopic (exact) mass is 334 g/mol. The van der Waals surface area contributed by atoms with Crippen LogP contribution in [0.2, 0.25) is 0 Å². The Labute approximate surface area is 146 Å². The van der Waals surface area contributed by atoms with E-state index in [4.69, 9.17) is 0 Å². The number of benzene rings is 3. The first-order valence-electron chi connectivity index (χ1n) is 8.50. The van der Waals surface area contributed by atoms with Crippen molar-refractivity contribution in [3.63, 3.8) is 0 Å². The number of anilines is 1. The summed E-state index contributed by atoms with van der Waals surface area (Å²) in [5.74, 6) is -0.171. The molecule has 0 aliphatic carbocycles. The van der Waals surface area contributed by atoms with Gasteiger partial charge in [0.15, 0.2) is 0 Å². The van der Waals surface area contributed by atoms with Gasteiger partial charge in [-0.15, -0.1) is 0 Å². The summed E-state index contributed by atoms with van der Waals surface area (Å²) < 4.78 is 13.9. The molecule has 0 unspecified atom stereocenters. The molecule has 126 valence electrons. The van der Waals surface area contributed by atoms with Gasteiger partial charge in [0.1, 0.15) is 5.82 Å². The zero-order valence-corrected chi connectivity index (χ0v) is 13.9. The van der Waals surface area contributed by atoms with Gasteiger partial charge in [0, 0.05) is 31.7 Å². The summed E-state index contributed by atoms with van der Waals surface area (Å²) in [5, 5.41) is 2.20. The van der Waals surface area contributed by atoms with E-state index in [1.807, 2.05) is 58.3 Å². The largest absolute Gasteiger partial charge is 0.366 e. The molecule has 0 radical (unpaired) electrons. The highest BCUT2D eigenvalue weighted by Crippen LogP contribution is 2.22. The Balaban J connectivity index is 1.48. The molecule has 3 aromatic carbocycles. The van der Waals surface area contributed by atoms with Gasteiger partial charge < -0.3 is 9.80 Å². The first-order valence-corrected chi connectivity index (χ1v) is 8.50. The second kappa shape index (κ2) is 6.55. The maximum absolute atomic E-state index is 13.9. The normalized spacial score (nSPS) is 14.8. The van der Waals surface area contributed by atoms with Crippen LogP contribution in [-0.2, 0) is 0 Å². The standard InChI is InChI=1S/C21H19FN2O/c22-19-7-3-4-8-20(19)23-11-13-24(14-12-23)21(25)18-10-9-16-5-1-2-6-17(16)15-18/h1-10,15H,11-14H2. The summed E-state index contributed by atoms with van der Waals surface area (Å²) in [4.78, 5) is 16.6. The lowest BCUT2D eigenvalue weighted by Gasteiger charge is -2.36. The number of fused-ring (bicyclic) bond motifs is 1. The van der Waals surface area contributed by atoms with E-state index >= 15 is 0 Å². The van der Waals surface area contributed by atoms with E-state index in [1.54, 1.807) is 12.1 Å². The Hall–Kier alpha value is -2.88. The molecule has 25 heavy (non-hydrogen) atoms. The van der Waals surface area contributed by atoms with E-state index in [0.717, 1.165) is 10.8 Å². The summed E-state index contributed by atoms with van der Waals surface area (Å²) in [6.07, 6.45) is 0. The number of hydrogen-bond donors (Lipinski definition) is 0. The van der Waals surface area contributed by atoms with Crippen molar-refractivity contribution in [1.82, 2.24) is 4.90 Å². The molecule has 0 bridgehead atoms. The molecule has 1 fully saturated rings. The maximum atomic E-state index is 13.9. The fourth-order valence-electron chi connectivity index (χ4n) is 3.36. The highest BCUT2D eigenvalue weighted by molar-refractivity contribution is 5.98. The van der Waals surface area contributed by atoms with Crippen molar-refractivity contribution in [3.05, 3.63) is 78.1 Å². The first-order chi connectivity index (χ1) is 12.2. The molecule has 0 aromatic heterocycles. The van der Waals surface area contributed by atoms with Gasteiger partial charge in [0.25, 0.3) is 5.91 Å².